The highest BCUT2D eigenvalue weighted by Gasteiger charge is 2.19. The van der Waals surface area contributed by atoms with Crippen LogP contribution in [0.25, 0.3) is 10.6 Å². The van der Waals surface area contributed by atoms with Crippen LogP contribution in [0.15, 0.2) is 39.9 Å². The van der Waals surface area contributed by atoms with Gasteiger partial charge < -0.3 is 0 Å². The number of nitrogens with zero attached hydrogens (tertiary/aromatic N) is 2. The Balaban J connectivity index is 1.90. The van der Waals surface area contributed by atoms with Crippen LogP contribution in [0.5, 0.6) is 0 Å². The van der Waals surface area contributed by atoms with Gasteiger partial charge >= 0.3 is 0 Å². The van der Waals surface area contributed by atoms with Crippen molar-refractivity contribution in [1.29, 1.82) is 5.26 Å². The normalized spacial score (nSPS) is 11.2. The molecule has 0 fully saturated rings. The third-order valence-electron chi connectivity index (χ3n) is 3.00. The van der Waals surface area contributed by atoms with E-state index in [2.05, 4.69) is 9.71 Å². The fraction of sp³-hybridized carbons (Fsp3) is 0.0667. The first-order valence-electron chi connectivity index (χ1n) is 6.63. The van der Waals surface area contributed by atoms with Gasteiger partial charge in [-0.2, -0.15) is 5.26 Å². The molecule has 2 heterocycles. The zero-order valence-corrected chi connectivity index (χ0v) is 14.7. The van der Waals surface area contributed by atoms with Crippen molar-refractivity contribution in [3.63, 3.8) is 0 Å². The van der Waals surface area contributed by atoms with E-state index in [-0.39, 0.29) is 15.5 Å². The molecule has 5 nitrogen and oxygen atoms in total. The van der Waals surface area contributed by atoms with Gasteiger partial charge in [-0.15, -0.1) is 22.7 Å². The smallest absolute Gasteiger partial charge is 0.271 e. The van der Waals surface area contributed by atoms with E-state index in [4.69, 9.17) is 5.26 Å². The number of hydrogen-bond acceptors (Lipinski definition) is 6. The van der Waals surface area contributed by atoms with Crippen molar-refractivity contribution >= 4 is 38.4 Å². The van der Waals surface area contributed by atoms with Gasteiger partial charge in [0.25, 0.3) is 10.0 Å². The first-order valence-corrected chi connectivity index (χ1v) is 9.81. The average molecular weight is 379 g/mol. The van der Waals surface area contributed by atoms with E-state index < -0.39 is 15.8 Å². The van der Waals surface area contributed by atoms with E-state index >= 15 is 0 Å². The number of sulfonamides is 1. The minimum Gasteiger partial charge on any atom is -0.279 e. The van der Waals surface area contributed by atoms with E-state index in [1.165, 1.54) is 23.5 Å². The fourth-order valence-corrected chi connectivity index (χ4v) is 4.99. The lowest BCUT2D eigenvalue weighted by Crippen LogP contribution is -2.11. The summed E-state index contributed by atoms with van der Waals surface area (Å²) in [5.41, 5.74) is 0.769. The number of aryl methyl sites for hydroxylation is 1. The molecule has 0 radical (unpaired) electrons. The minimum absolute atomic E-state index is 0.00556. The zero-order valence-electron chi connectivity index (χ0n) is 12.3. The lowest BCUT2D eigenvalue weighted by atomic mass is 10.2. The molecule has 0 aliphatic heterocycles. The lowest BCUT2D eigenvalue weighted by molar-refractivity contribution is 0.603. The summed E-state index contributed by atoms with van der Waals surface area (Å²) < 4.78 is 40.7. The Morgan fingerprint density at radius 1 is 1.29 bits per heavy atom. The van der Waals surface area contributed by atoms with Crippen molar-refractivity contribution in [3.05, 3.63) is 52.1 Å². The number of benzene rings is 1. The summed E-state index contributed by atoms with van der Waals surface area (Å²) in [6.45, 7) is 1.87. The Morgan fingerprint density at radius 2 is 2.08 bits per heavy atom. The molecule has 0 saturated heterocycles. The van der Waals surface area contributed by atoms with Gasteiger partial charge in [0.1, 0.15) is 10.0 Å². The van der Waals surface area contributed by atoms with Gasteiger partial charge in [0, 0.05) is 5.38 Å². The molecule has 0 amide bonds. The lowest BCUT2D eigenvalue weighted by Gasteiger charge is -2.06. The molecule has 0 aliphatic rings. The zero-order chi connectivity index (χ0) is 17.3. The Labute approximate surface area is 146 Å². The highest BCUT2D eigenvalue weighted by Crippen LogP contribution is 2.32. The number of thiophene rings is 1. The van der Waals surface area contributed by atoms with Crippen LogP contribution in [0.1, 0.15) is 10.6 Å². The first-order chi connectivity index (χ1) is 11.4. The SMILES string of the molecule is Cc1nc(-c2ccc(S(=O)(=O)Nc3cc(F)cc(C#N)c3)s2)cs1. The predicted octanol–water partition coefficient (Wildman–Crippen LogP) is 3.99. The summed E-state index contributed by atoms with van der Waals surface area (Å²) in [4.78, 5) is 5.06. The van der Waals surface area contributed by atoms with Crippen LogP contribution in [0, 0.1) is 24.1 Å². The first kappa shape index (κ1) is 16.6. The van der Waals surface area contributed by atoms with Gasteiger partial charge in [0.2, 0.25) is 0 Å². The molecule has 0 saturated carbocycles. The van der Waals surface area contributed by atoms with Crippen LogP contribution in [0.2, 0.25) is 0 Å². The number of halogens is 1. The molecule has 0 aliphatic carbocycles. The number of hydrogen-bond donors (Lipinski definition) is 1. The third kappa shape index (κ3) is 3.46. The predicted molar refractivity (Wildman–Crippen MR) is 92.1 cm³/mol. The van der Waals surface area contributed by atoms with Gasteiger partial charge in [0.05, 0.1) is 32.9 Å². The molecule has 24 heavy (non-hydrogen) atoms. The van der Waals surface area contributed by atoms with Crippen LogP contribution in [0.3, 0.4) is 0 Å². The molecular formula is C15H10FN3O2S3. The van der Waals surface area contributed by atoms with Crippen molar-refractivity contribution in [1.82, 2.24) is 4.98 Å². The van der Waals surface area contributed by atoms with Gasteiger partial charge in [0.15, 0.2) is 0 Å². The Hall–Kier alpha value is -2.28. The van der Waals surface area contributed by atoms with Crippen LogP contribution in [0.4, 0.5) is 10.1 Å². The molecule has 0 bridgehead atoms. The number of thiazole rings is 1. The van der Waals surface area contributed by atoms with Gasteiger partial charge in [-0.05, 0) is 37.3 Å². The van der Waals surface area contributed by atoms with Crippen molar-refractivity contribution < 1.29 is 12.8 Å². The number of anilines is 1. The minimum atomic E-state index is -3.87. The molecular weight excluding hydrogens is 369 g/mol. The molecule has 3 aromatic rings. The standard InChI is InChI=1S/C15H10FN3O2S3/c1-9-18-13(8-22-9)14-2-3-15(23-14)24(20,21)19-12-5-10(7-17)4-11(16)6-12/h2-6,8,19H,1H3. The molecule has 122 valence electrons. The summed E-state index contributed by atoms with van der Waals surface area (Å²) in [6.07, 6.45) is 0. The average Bonchev–Trinajstić information content (AvgIpc) is 3.15. The van der Waals surface area contributed by atoms with Crippen molar-refractivity contribution in [3.8, 4) is 16.6 Å². The largest absolute Gasteiger partial charge is 0.279 e. The molecule has 3 rings (SSSR count). The molecule has 9 heteroatoms. The molecule has 2 aromatic heterocycles. The highest BCUT2D eigenvalue weighted by molar-refractivity contribution is 7.94. The summed E-state index contributed by atoms with van der Waals surface area (Å²) in [5, 5.41) is 11.6. The maximum Gasteiger partial charge on any atom is 0.271 e. The van der Waals surface area contributed by atoms with Gasteiger partial charge in [-0.1, -0.05) is 0 Å². The Bertz CT molecular complexity index is 1050. The summed E-state index contributed by atoms with van der Waals surface area (Å²) in [5.74, 6) is -0.684. The highest BCUT2D eigenvalue weighted by atomic mass is 32.2. The van der Waals surface area contributed by atoms with E-state index in [9.17, 15) is 12.8 Å². The Morgan fingerprint density at radius 3 is 2.75 bits per heavy atom. The van der Waals surface area contributed by atoms with Crippen molar-refractivity contribution in [2.24, 2.45) is 0 Å². The second-order valence-electron chi connectivity index (χ2n) is 4.82. The Kier molecular flexibility index (Phi) is 4.36. The van der Waals surface area contributed by atoms with E-state index in [1.807, 2.05) is 12.3 Å². The maximum atomic E-state index is 13.4. The maximum absolute atomic E-state index is 13.4. The van der Waals surface area contributed by atoms with Gasteiger partial charge in [-0.25, -0.2) is 17.8 Å². The summed E-state index contributed by atoms with van der Waals surface area (Å²) >= 11 is 2.56. The topological polar surface area (TPSA) is 82.8 Å². The molecule has 0 atom stereocenters. The van der Waals surface area contributed by atoms with E-state index in [1.54, 1.807) is 12.1 Å². The van der Waals surface area contributed by atoms with Crippen molar-refractivity contribution in [2.75, 3.05) is 4.72 Å². The summed E-state index contributed by atoms with van der Waals surface area (Å²) in [6, 6.07) is 8.27. The van der Waals surface area contributed by atoms with Gasteiger partial charge in [-0.3, -0.25) is 4.72 Å². The van der Waals surface area contributed by atoms with E-state index in [0.29, 0.717) is 0 Å². The number of rotatable bonds is 4. The van der Waals surface area contributed by atoms with Crippen LogP contribution >= 0.6 is 22.7 Å². The second-order valence-corrected chi connectivity index (χ2v) is 8.87. The second kappa shape index (κ2) is 6.32. The van der Waals surface area contributed by atoms with Crippen LogP contribution < -0.4 is 4.72 Å². The molecule has 1 aromatic carbocycles. The third-order valence-corrected chi connectivity index (χ3v) is 6.75. The number of nitriles is 1. The number of nitrogens with one attached hydrogen (secondary N) is 1. The molecule has 0 unspecified atom stereocenters. The quantitative estimate of drug-likeness (QED) is 0.743. The van der Waals surface area contributed by atoms with Crippen LogP contribution in [-0.4, -0.2) is 13.4 Å². The molecule has 1 N–H and O–H groups in total. The molecule has 0 spiro atoms. The van der Waals surface area contributed by atoms with Crippen LogP contribution in [-0.2, 0) is 10.0 Å². The van der Waals surface area contributed by atoms with Crippen molar-refractivity contribution in [2.45, 2.75) is 11.1 Å². The van der Waals surface area contributed by atoms with E-state index in [0.717, 1.165) is 39.0 Å². The number of aromatic nitrogens is 1. The summed E-state index contributed by atoms with van der Waals surface area (Å²) in [7, 11) is -3.87. The fourth-order valence-electron chi connectivity index (χ4n) is 2.00. The monoisotopic (exact) mass is 379 g/mol.